The molecule has 4 aromatic carbocycles. The van der Waals surface area contributed by atoms with E-state index in [4.69, 9.17) is 62.3 Å². The van der Waals surface area contributed by atoms with Gasteiger partial charge in [-0.1, -0.05) is 293 Å². The van der Waals surface area contributed by atoms with E-state index >= 15 is 4.39 Å². The van der Waals surface area contributed by atoms with Crippen LogP contribution >= 0.6 is 26.0 Å². The van der Waals surface area contributed by atoms with Crippen LogP contribution in [-0.2, 0) is 61.3 Å². The number of carbonyl (C=O) groups is 4. The van der Waals surface area contributed by atoms with Crippen molar-refractivity contribution in [2.45, 2.75) is 309 Å². The molecular weight excluding hydrogens is 1410 g/mol. The van der Waals surface area contributed by atoms with Crippen LogP contribution in [0.2, 0.25) is 0 Å². The van der Waals surface area contributed by atoms with E-state index in [9.17, 15) is 37.8 Å². The van der Waals surface area contributed by atoms with E-state index in [0.717, 1.165) is 70.6 Å². The Kier molecular flexibility index (Phi) is 48.7. The van der Waals surface area contributed by atoms with Gasteiger partial charge in [0.05, 0.1) is 25.4 Å². The predicted molar refractivity (Wildman–Crippen MR) is 409 cm³/mol. The monoisotopic (exact) mass is 1530 g/mol. The topological polar surface area (TPSA) is 224 Å². The van der Waals surface area contributed by atoms with Crippen molar-refractivity contribution in [2.75, 3.05) is 13.2 Å². The SMILES string of the molecule is CC(=O)OC1C(O)OC([C@@H](F)CCCCCCCCCCCCCCCCCCOC=O)[C@@H](C)[C@@H]1C.CC(=O)OC1[C@H](OP(=O)(Oc2ccccc2)Oc2ccccc2)OC([C@@H](F)CCCCCCCCCCCCCCCCCCOC=O)[C@@H](C)[C@@H]1C.O=P(Cl)(Oc1ccccc1)Oc1ccccc1. The summed E-state index contributed by atoms with van der Waals surface area (Å²) in [6, 6.07) is 34.2. The van der Waals surface area contributed by atoms with E-state index in [1.807, 2.05) is 39.8 Å². The molecule has 1 N–H and O–H groups in total. The van der Waals surface area contributed by atoms with Gasteiger partial charge >= 0.3 is 26.7 Å². The Bertz CT molecular complexity index is 2860. The average Bonchev–Trinajstić information content (AvgIpc) is 0.789. The second kappa shape index (κ2) is 55.8. The number of alkyl halides is 2. The number of rotatable bonds is 54. The summed E-state index contributed by atoms with van der Waals surface area (Å²) >= 11 is 5.72. The number of aliphatic hydroxyl groups excluding tert-OH is 1. The molecule has 0 bridgehead atoms. The highest BCUT2D eigenvalue weighted by molar-refractivity contribution is 7.82. The summed E-state index contributed by atoms with van der Waals surface area (Å²) in [5.41, 5.74) is 0. The lowest BCUT2D eigenvalue weighted by atomic mass is 9.81. The molecule has 2 heterocycles. The highest BCUT2D eigenvalue weighted by atomic mass is 35.7. The molecule has 23 heteroatoms. The number of halogens is 3. The Hall–Kier alpha value is -5.59. The van der Waals surface area contributed by atoms with Crippen LogP contribution < -0.4 is 18.1 Å². The molecule has 2 fully saturated rings. The highest BCUT2D eigenvalue weighted by Crippen LogP contribution is 2.54. The molecule has 0 radical (unpaired) electrons. The highest BCUT2D eigenvalue weighted by Gasteiger charge is 2.51. The maximum atomic E-state index is 15.9. The second-order valence-corrected chi connectivity index (χ2v) is 31.9. The first-order valence-electron chi connectivity index (χ1n) is 39.0. The van der Waals surface area contributed by atoms with Crippen molar-refractivity contribution in [3.05, 3.63) is 121 Å². The van der Waals surface area contributed by atoms with Gasteiger partial charge in [-0.2, -0.15) is 0 Å². The van der Waals surface area contributed by atoms with Crippen molar-refractivity contribution in [1.29, 1.82) is 0 Å². The van der Waals surface area contributed by atoms with Gasteiger partial charge in [-0.15, -0.1) is 0 Å². The zero-order valence-electron chi connectivity index (χ0n) is 63.5. The van der Waals surface area contributed by atoms with E-state index in [2.05, 4.69) is 0 Å². The van der Waals surface area contributed by atoms with Crippen LogP contribution in [0.25, 0.3) is 0 Å². The van der Waals surface area contributed by atoms with Gasteiger partial charge in [-0.25, -0.2) is 22.4 Å². The minimum Gasteiger partial charge on any atom is -0.468 e. The second-order valence-electron chi connectivity index (χ2n) is 28.0. The van der Waals surface area contributed by atoms with Crippen LogP contribution in [0.3, 0.4) is 0 Å². The minimum atomic E-state index is -4.42. The van der Waals surface area contributed by atoms with Gasteiger partial charge in [0.1, 0.15) is 35.3 Å². The molecule has 12 atom stereocenters. The Morgan fingerprint density at radius 3 is 0.990 bits per heavy atom. The molecule has 4 aromatic rings. The van der Waals surface area contributed by atoms with Crippen LogP contribution in [0.5, 0.6) is 23.0 Å². The zero-order valence-corrected chi connectivity index (χ0v) is 66.0. The van der Waals surface area contributed by atoms with E-state index < -0.39 is 76.0 Å². The molecule has 18 nitrogen and oxygen atoms in total. The van der Waals surface area contributed by atoms with E-state index in [-0.39, 0.29) is 35.2 Å². The summed E-state index contributed by atoms with van der Waals surface area (Å²) in [6.45, 7) is 8.59. The van der Waals surface area contributed by atoms with Gasteiger partial charge in [0, 0.05) is 36.9 Å². The zero-order chi connectivity index (χ0) is 76.2. The fraction of sp³-hybridized carbons (Fsp3) is 0.659. The summed E-state index contributed by atoms with van der Waals surface area (Å²) in [7, 11) is -4.42. The molecule has 0 saturated carbocycles. The molecule has 592 valence electrons. The lowest BCUT2D eigenvalue weighted by molar-refractivity contribution is -0.267. The number of ether oxygens (including phenoxy) is 6. The predicted octanol–water partition coefficient (Wildman–Crippen LogP) is 22.9. The maximum absolute atomic E-state index is 15.9. The molecule has 2 saturated heterocycles. The summed E-state index contributed by atoms with van der Waals surface area (Å²) in [4.78, 5) is 43.5. The number of hydrogen-bond donors (Lipinski definition) is 1. The third-order valence-corrected chi connectivity index (χ3v) is 22.0. The van der Waals surface area contributed by atoms with Gasteiger partial charge < -0.3 is 51.6 Å². The first kappa shape index (κ1) is 91.8. The molecule has 0 aliphatic carbocycles. The molecule has 5 unspecified atom stereocenters. The number of benzene rings is 4. The Morgan fingerprint density at radius 2 is 0.686 bits per heavy atom. The molecule has 0 spiro atoms. The molecular formula is C82H125ClF2O18P2. The molecule has 0 amide bonds. The van der Waals surface area contributed by atoms with Crippen molar-refractivity contribution in [1.82, 2.24) is 0 Å². The Balaban J connectivity index is 0.000000377. The van der Waals surface area contributed by atoms with E-state index in [1.165, 1.54) is 149 Å². The van der Waals surface area contributed by atoms with Crippen molar-refractivity contribution in [3.63, 3.8) is 0 Å². The summed E-state index contributed by atoms with van der Waals surface area (Å²) in [5, 5.41) is 10.2. The lowest BCUT2D eigenvalue weighted by Gasteiger charge is -2.44. The minimum absolute atomic E-state index is 0.131. The molecule has 105 heavy (non-hydrogen) atoms. The first-order chi connectivity index (χ1) is 50.8. The fourth-order valence-electron chi connectivity index (χ4n) is 13.1. The van der Waals surface area contributed by atoms with Crippen LogP contribution in [0.4, 0.5) is 8.78 Å². The summed E-state index contributed by atoms with van der Waals surface area (Å²) in [5.74, 6) is -0.672. The number of hydrogen-bond acceptors (Lipinski definition) is 18. The Labute approximate surface area is 631 Å². The molecule has 2 aliphatic rings. The van der Waals surface area contributed by atoms with Crippen molar-refractivity contribution in [2.24, 2.45) is 23.7 Å². The molecule has 0 aromatic heterocycles. The van der Waals surface area contributed by atoms with Crippen molar-refractivity contribution >= 4 is 50.9 Å². The van der Waals surface area contributed by atoms with Gasteiger partial charge in [0.2, 0.25) is 6.29 Å². The van der Waals surface area contributed by atoms with Crippen LogP contribution in [0.1, 0.15) is 260 Å². The fourth-order valence-corrected chi connectivity index (χ4v) is 15.7. The number of para-hydroxylation sites is 4. The summed E-state index contributed by atoms with van der Waals surface area (Å²) in [6.07, 6.45) is 30.6. The summed E-state index contributed by atoms with van der Waals surface area (Å²) < 4.78 is 116. The maximum Gasteiger partial charge on any atom is 0.590 e. The molecule has 6 rings (SSSR count). The van der Waals surface area contributed by atoms with Crippen LogP contribution in [-0.4, -0.2) is 92.5 Å². The van der Waals surface area contributed by atoms with Crippen molar-refractivity contribution < 1.29 is 93.2 Å². The number of phosphoric ester groups is 1. The van der Waals surface area contributed by atoms with Gasteiger partial charge in [-0.05, 0) is 86.1 Å². The normalized spacial score (nSPS) is 20.6. The van der Waals surface area contributed by atoms with Crippen LogP contribution in [0.15, 0.2) is 121 Å². The lowest BCUT2D eigenvalue weighted by Crippen LogP contribution is -2.54. The van der Waals surface area contributed by atoms with Crippen LogP contribution in [0, 0.1) is 23.7 Å². The smallest absolute Gasteiger partial charge is 0.468 e. The van der Waals surface area contributed by atoms with E-state index in [0.29, 0.717) is 50.5 Å². The Morgan fingerprint density at radius 1 is 0.419 bits per heavy atom. The third kappa shape index (κ3) is 41.0. The average molecular weight is 1530 g/mol. The van der Waals surface area contributed by atoms with Crippen molar-refractivity contribution in [3.8, 4) is 23.0 Å². The van der Waals surface area contributed by atoms with E-state index in [1.54, 1.807) is 109 Å². The standard InChI is InChI=1S/C41H62FO9P.C29H53FO6.C12H10ClO3P/c1-33-34(2)40(47-35(3)44)41(51-52(45,49-36-26-20-18-21-27-36)50-37-28-22-19-23-29-37)48-39(33)38(42)30-24-16-14-12-10-8-6-4-5-7-9-11-13-15-17-25-31-46-32-43;1-23-24(2)28(35-25(3)32)29(33)36-27(23)26(30)20-18-16-14-12-10-8-6-4-5-7-9-11-13-15-17-19-21-34-22-31;13-17(14,15-11-7-3-1-4-8-11)16-12-9-5-2-6-10-12/h18-23,26-29,32-34,38-41H,4-17,24-25,30-31H2,1-3H3;22-24,26-29,33H,4-21H2,1-3H3;1-10H/t33-,34-,38-,39?,40?,41-;23-,24-,26-,27?,28?,29?;/m00./s1. The third-order valence-electron chi connectivity index (χ3n) is 19.4. The number of esters is 2. The number of unbranched alkanes of at least 4 members (excludes halogenated alkanes) is 30. The quantitative estimate of drug-likeness (QED) is 0.0143. The van der Waals surface area contributed by atoms with Gasteiger partial charge in [0.25, 0.3) is 12.9 Å². The van der Waals surface area contributed by atoms with Gasteiger partial charge in [0.15, 0.2) is 18.5 Å². The van der Waals surface area contributed by atoms with Gasteiger partial charge in [-0.3, -0.25) is 19.2 Å². The number of phosphoric acid groups is 1. The number of aliphatic hydroxyl groups is 1. The largest absolute Gasteiger partial charge is 0.590 e. The number of carbonyl (C=O) groups excluding carboxylic acids is 4. The first-order valence-corrected chi connectivity index (χ1v) is 43.0. The molecule has 2 aliphatic heterocycles.